The lowest BCUT2D eigenvalue weighted by Gasteiger charge is -2.14. The molecule has 0 unspecified atom stereocenters. The largest absolute Gasteiger partial charge is 0.398 e. The van der Waals surface area contributed by atoms with Gasteiger partial charge in [-0.05, 0) is 40.9 Å². The highest BCUT2D eigenvalue weighted by Gasteiger charge is 2.42. The highest BCUT2D eigenvalue weighted by molar-refractivity contribution is 9.10. The molecule has 2 rings (SSSR count). The topological polar surface area (TPSA) is 92.4 Å². The van der Waals surface area contributed by atoms with Gasteiger partial charge < -0.3 is 10.8 Å². The van der Waals surface area contributed by atoms with Gasteiger partial charge in [0.05, 0.1) is 9.37 Å². The highest BCUT2D eigenvalue weighted by Crippen LogP contribution is 2.44. The molecule has 0 radical (unpaired) electrons. The molecule has 106 valence electrons. The Morgan fingerprint density at radius 2 is 2.11 bits per heavy atom. The Labute approximate surface area is 125 Å². The van der Waals surface area contributed by atoms with Crippen molar-refractivity contribution in [3.63, 3.8) is 0 Å². The van der Waals surface area contributed by atoms with Crippen LogP contribution in [0.3, 0.4) is 0 Å². The molecule has 0 aliphatic heterocycles. The van der Waals surface area contributed by atoms with E-state index in [1.807, 2.05) is 0 Å². The lowest BCUT2D eigenvalue weighted by Crippen LogP contribution is -2.32. The summed E-state index contributed by atoms with van der Waals surface area (Å²) in [6.45, 7) is 0.194. The summed E-state index contributed by atoms with van der Waals surface area (Å²) in [6.07, 6.45) is 1.65. The Balaban J connectivity index is 2.25. The van der Waals surface area contributed by atoms with Crippen molar-refractivity contribution in [2.24, 2.45) is 5.41 Å². The van der Waals surface area contributed by atoms with E-state index in [0.29, 0.717) is 4.47 Å². The lowest BCUT2D eigenvalue weighted by atomic mass is 10.1. The molecule has 5 nitrogen and oxygen atoms in total. The first-order chi connectivity index (χ1) is 8.80. The van der Waals surface area contributed by atoms with Crippen LogP contribution in [0.2, 0.25) is 5.02 Å². The van der Waals surface area contributed by atoms with Crippen LogP contribution < -0.4 is 10.5 Å². The van der Waals surface area contributed by atoms with E-state index < -0.39 is 10.0 Å². The number of nitrogen functional groups attached to an aromatic ring is 1. The molecule has 19 heavy (non-hydrogen) atoms. The maximum atomic E-state index is 12.2. The highest BCUT2D eigenvalue weighted by atomic mass is 79.9. The zero-order valence-corrected chi connectivity index (χ0v) is 13.1. The summed E-state index contributed by atoms with van der Waals surface area (Å²) in [7, 11) is -3.71. The molecule has 1 aliphatic rings. The molecule has 1 aromatic rings. The molecule has 0 atom stereocenters. The molecular weight excluding hydrogens is 356 g/mol. The zero-order valence-electron chi connectivity index (χ0n) is 9.99. The van der Waals surface area contributed by atoms with Gasteiger partial charge in [0.1, 0.15) is 0 Å². The lowest BCUT2D eigenvalue weighted by molar-refractivity contribution is 0.213. The van der Waals surface area contributed by atoms with Gasteiger partial charge in [0.25, 0.3) is 0 Å². The van der Waals surface area contributed by atoms with Crippen LogP contribution >= 0.6 is 27.5 Å². The third-order valence-corrected chi connectivity index (χ3v) is 6.04. The van der Waals surface area contributed by atoms with Crippen LogP contribution in [0, 0.1) is 5.41 Å². The second kappa shape index (κ2) is 5.21. The monoisotopic (exact) mass is 368 g/mol. The Kier molecular flexibility index (Phi) is 4.13. The van der Waals surface area contributed by atoms with E-state index in [4.69, 9.17) is 17.3 Å². The van der Waals surface area contributed by atoms with Gasteiger partial charge >= 0.3 is 0 Å². The van der Waals surface area contributed by atoms with Gasteiger partial charge in [-0.15, -0.1) is 0 Å². The van der Waals surface area contributed by atoms with E-state index in [0.717, 1.165) is 12.8 Å². The van der Waals surface area contributed by atoms with Crippen LogP contribution in [-0.2, 0) is 10.0 Å². The SMILES string of the molecule is Nc1cc(Cl)cc(S(=O)(=O)NCC2(CO)CC2)c1Br. The van der Waals surface area contributed by atoms with Crippen molar-refractivity contribution in [2.75, 3.05) is 18.9 Å². The number of aliphatic hydroxyl groups is 1. The van der Waals surface area contributed by atoms with E-state index in [9.17, 15) is 13.5 Å². The van der Waals surface area contributed by atoms with Crippen LogP contribution in [-0.4, -0.2) is 26.7 Å². The van der Waals surface area contributed by atoms with E-state index in [1.165, 1.54) is 12.1 Å². The smallest absolute Gasteiger partial charge is 0.241 e. The first kappa shape index (κ1) is 15.1. The summed E-state index contributed by atoms with van der Waals surface area (Å²) in [6, 6.07) is 2.81. The second-order valence-corrected chi connectivity index (χ2v) is 7.75. The number of anilines is 1. The predicted molar refractivity (Wildman–Crippen MR) is 77.5 cm³/mol. The van der Waals surface area contributed by atoms with E-state index in [-0.39, 0.29) is 34.2 Å². The molecule has 0 bridgehead atoms. The molecule has 8 heteroatoms. The standard InChI is InChI=1S/C11H14BrClN2O3S/c12-10-8(14)3-7(13)4-9(10)19(17,18)15-5-11(6-16)1-2-11/h3-4,15-16H,1-2,5-6,14H2. The molecule has 1 fully saturated rings. The maximum Gasteiger partial charge on any atom is 0.241 e. The fourth-order valence-electron chi connectivity index (χ4n) is 1.67. The van der Waals surface area contributed by atoms with E-state index >= 15 is 0 Å². The number of sulfonamides is 1. The fraction of sp³-hybridized carbons (Fsp3) is 0.455. The van der Waals surface area contributed by atoms with Crippen LogP contribution in [0.1, 0.15) is 12.8 Å². The molecule has 0 heterocycles. The number of rotatable bonds is 5. The molecule has 1 aliphatic carbocycles. The Morgan fingerprint density at radius 3 is 2.63 bits per heavy atom. The molecule has 0 amide bonds. The molecule has 4 N–H and O–H groups in total. The number of nitrogens with one attached hydrogen (secondary N) is 1. The summed E-state index contributed by atoms with van der Waals surface area (Å²) in [5, 5.41) is 9.44. The zero-order chi connectivity index (χ0) is 14.3. The van der Waals surface area contributed by atoms with Gasteiger partial charge in [0.2, 0.25) is 10.0 Å². The summed E-state index contributed by atoms with van der Waals surface area (Å²) in [4.78, 5) is 0.00578. The van der Waals surface area contributed by atoms with Crippen LogP contribution in [0.15, 0.2) is 21.5 Å². The minimum Gasteiger partial charge on any atom is -0.398 e. The number of aliphatic hydroxyl groups excluding tert-OH is 1. The first-order valence-corrected chi connectivity index (χ1v) is 8.30. The van der Waals surface area contributed by atoms with Crippen molar-refractivity contribution in [2.45, 2.75) is 17.7 Å². The van der Waals surface area contributed by atoms with E-state index in [2.05, 4.69) is 20.7 Å². The number of hydrogen-bond acceptors (Lipinski definition) is 4. The normalized spacial score (nSPS) is 17.4. The van der Waals surface area contributed by atoms with Crippen LogP contribution in [0.5, 0.6) is 0 Å². The van der Waals surface area contributed by atoms with Crippen molar-refractivity contribution in [1.82, 2.24) is 4.72 Å². The summed E-state index contributed by atoms with van der Waals surface area (Å²) < 4.78 is 27.2. The first-order valence-electron chi connectivity index (χ1n) is 5.65. The minimum absolute atomic E-state index is 0.00578. The van der Waals surface area contributed by atoms with Crippen molar-refractivity contribution in [3.8, 4) is 0 Å². The molecule has 0 aromatic heterocycles. The molecular formula is C11H14BrClN2O3S. The Morgan fingerprint density at radius 1 is 1.47 bits per heavy atom. The van der Waals surface area contributed by atoms with Gasteiger partial charge in [0.15, 0.2) is 0 Å². The quantitative estimate of drug-likeness (QED) is 0.689. The average Bonchev–Trinajstić information content (AvgIpc) is 3.12. The van der Waals surface area contributed by atoms with Crippen molar-refractivity contribution in [3.05, 3.63) is 21.6 Å². The number of benzene rings is 1. The fourth-order valence-corrected chi connectivity index (χ4v) is 4.12. The molecule has 0 spiro atoms. The average molecular weight is 370 g/mol. The third-order valence-electron chi connectivity index (χ3n) is 3.25. The van der Waals surface area contributed by atoms with Gasteiger partial charge in [-0.25, -0.2) is 13.1 Å². The molecule has 1 saturated carbocycles. The molecule has 1 aromatic carbocycles. The molecule has 0 saturated heterocycles. The number of nitrogens with two attached hydrogens (primary N) is 1. The third kappa shape index (κ3) is 3.22. The van der Waals surface area contributed by atoms with Crippen LogP contribution in [0.4, 0.5) is 5.69 Å². The van der Waals surface area contributed by atoms with Crippen molar-refractivity contribution in [1.29, 1.82) is 0 Å². The summed E-state index contributed by atoms with van der Waals surface area (Å²) >= 11 is 8.98. The Bertz CT molecular complexity index is 602. The van der Waals surface area contributed by atoms with Crippen LogP contribution in [0.25, 0.3) is 0 Å². The predicted octanol–water partition coefficient (Wildman–Crippen LogP) is 1.74. The second-order valence-electron chi connectivity index (χ2n) is 4.79. The van der Waals surface area contributed by atoms with Crippen molar-refractivity contribution < 1.29 is 13.5 Å². The number of hydrogen-bond donors (Lipinski definition) is 3. The number of halogens is 2. The summed E-state index contributed by atoms with van der Waals surface area (Å²) in [5.74, 6) is 0. The van der Waals surface area contributed by atoms with E-state index in [1.54, 1.807) is 0 Å². The maximum absolute atomic E-state index is 12.2. The van der Waals surface area contributed by atoms with Gasteiger partial charge in [0, 0.05) is 29.3 Å². The van der Waals surface area contributed by atoms with Gasteiger partial charge in [-0.3, -0.25) is 0 Å². The summed E-state index contributed by atoms with van der Waals surface area (Å²) in [5.41, 5.74) is 5.63. The minimum atomic E-state index is -3.71. The van der Waals surface area contributed by atoms with Gasteiger partial charge in [-0.2, -0.15) is 0 Å². The van der Waals surface area contributed by atoms with Crippen molar-refractivity contribution >= 4 is 43.2 Å². The Hall–Kier alpha value is -0.340. The van der Waals surface area contributed by atoms with Gasteiger partial charge in [-0.1, -0.05) is 11.6 Å².